The van der Waals surface area contributed by atoms with Gasteiger partial charge in [-0.1, -0.05) is 48.0 Å². The second-order valence-corrected chi connectivity index (χ2v) is 9.35. The van der Waals surface area contributed by atoms with E-state index in [2.05, 4.69) is 9.97 Å². The summed E-state index contributed by atoms with van der Waals surface area (Å²) in [5.74, 6) is -1.05. The highest BCUT2D eigenvalue weighted by Crippen LogP contribution is 2.45. The minimum Gasteiger partial charge on any atom is -0.479 e. The summed E-state index contributed by atoms with van der Waals surface area (Å²) >= 11 is 6.16. The van der Waals surface area contributed by atoms with Crippen molar-refractivity contribution in [3.63, 3.8) is 0 Å². The molecule has 1 unspecified atom stereocenters. The Morgan fingerprint density at radius 1 is 0.939 bits per heavy atom. The van der Waals surface area contributed by atoms with Crippen LogP contribution in [-0.4, -0.2) is 26.6 Å². The third-order valence-electron chi connectivity index (χ3n) is 5.45. The third-order valence-corrected chi connectivity index (χ3v) is 5.71. The molecule has 1 aromatic heterocycles. The van der Waals surface area contributed by atoms with Crippen LogP contribution in [0.1, 0.15) is 38.0 Å². The number of carboxylic acid groups (broad SMARTS) is 1. The molecule has 0 spiro atoms. The summed E-state index contributed by atoms with van der Waals surface area (Å²) in [6, 6.07) is 15.4. The van der Waals surface area contributed by atoms with E-state index in [0.29, 0.717) is 10.6 Å². The number of aliphatic carboxylic acids is 1. The topological polar surface area (TPSA) is 72.3 Å². The van der Waals surface area contributed by atoms with Gasteiger partial charge in [0.05, 0.1) is 5.60 Å². The molecule has 0 saturated heterocycles. The van der Waals surface area contributed by atoms with Crippen molar-refractivity contribution in [3.05, 3.63) is 83.4 Å². The van der Waals surface area contributed by atoms with Gasteiger partial charge in [0.25, 0.3) is 0 Å². The zero-order valence-corrected chi connectivity index (χ0v) is 19.7. The average Bonchev–Trinajstić information content (AvgIpc) is 2.77. The molecule has 168 valence electrons. The van der Waals surface area contributed by atoms with E-state index in [-0.39, 0.29) is 0 Å². The fourth-order valence-electron chi connectivity index (χ4n) is 4.23. The number of fused-ring (bicyclic) bond motifs is 1. The molecule has 0 radical (unpaired) electrons. The van der Waals surface area contributed by atoms with Crippen molar-refractivity contribution in [1.29, 1.82) is 0 Å². The Kier molecular flexibility index (Phi) is 6.19. The van der Waals surface area contributed by atoms with Crippen LogP contribution in [-0.2, 0) is 9.53 Å². The minimum atomic E-state index is -1.18. The lowest BCUT2D eigenvalue weighted by molar-refractivity contribution is -0.160. The molecule has 0 aliphatic carbocycles. The molecule has 0 amide bonds. The molecule has 0 saturated carbocycles. The van der Waals surface area contributed by atoms with Crippen molar-refractivity contribution in [3.8, 4) is 22.3 Å². The number of hydrogen-bond donors (Lipinski definition) is 1. The minimum absolute atomic E-state index is 0.609. The van der Waals surface area contributed by atoms with Gasteiger partial charge < -0.3 is 9.84 Å². The first-order valence-electron chi connectivity index (χ1n) is 10.6. The molecule has 4 rings (SSSR count). The molecule has 0 fully saturated rings. The number of rotatable bonds is 5. The molecule has 5 nitrogen and oxygen atoms in total. The molecule has 1 atom stereocenters. The normalized spacial score (nSPS) is 12.6. The second-order valence-electron chi connectivity index (χ2n) is 8.92. The number of halogens is 1. The molecule has 1 heterocycles. The van der Waals surface area contributed by atoms with Crippen molar-refractivity contribution in [2.24, 2.45) is 0 Å². The molecule has 0 bridgehead atoms. The van der Waals surface area contributed by atoms with Gasteiger partial charge >= 0.3 is 5.97 Å². The van der Waals surface area contributed by atoms with Crippen LogP contribution in [0.4, 0.5) is 0 Å². The zero-order valence-electron chi connectivity index (χ0n) is 19.0. The number of benzene rings is 3. The van der Waals surface area contributed by atoms with Crippen LogP contribution < -0.4 is 0 Å². The van der Waals surface area contributed by atoms with Gasteiger partial charge in [0, 0.05) is 28.5 Å². The molecule has 1 N–H and O–H groups in total. The Hall–Kier alpha value is -3.28. The fraction of sp³-hybridized carbons (Fsp3) is 0.222. The first kappa shape index (κ1) is 22.9. The Balaban J connectivity index is 2.17. The summed E-state index contributed by atoms with van der Waals surface area (Å²) in [5, 5.41) is 12.8. The molecule has 3 aromatic carbocycles. The van der Waals surface area contributed by atoms with Crippen molar-refractivity contribution in [2.75, 3.05) is 0 Å². The number of carboxylic acids is 1. The zero-order chi connectivity index (χ0) is 23.8. The van der Waals surface area contributed by atoms with Crippen LogP contribution in [0.15, 0.2) is 67.3 Å². The molecule has 6 heteroatoms. The summed E-state index contributed by atoms with van der Waals surface area (Å²) < 4.78 is 6.13. The highest BCUT2D eigenvalue weighted by molar-refractivity contribution is 6.30. The first-order chi connectivity index (χ1) is 15.7. The molecular formula is C27H25ClN2O3. The van der Waals surface area contributed by atoms with E-state index >= 15 is 0 Å². The SMILES string of the molecule is Cc1c(C(OC(C)(C)C)C(=O)O)c(-c2ccc(Cl)cc2)c2ccccc2c1-c1cncnc1. The van der Waals surface area contributed by atoms with Crippen LogP contribution in [0.25, 0.3) is 33.0 Å². The monoisotopic (exact) mass is 460 g/mol. The smallest absolute Gasteiger partial charge is 0.337 e. The summed E-state index contributed by atoms with van der Waals surface area (Å²) in [7, 11) is 0. The number of hydrogen-bond acceptors (Lipinski definition) is 4. The van der Waals surface area contributed by atoms with Gasteiger partial charge in [-0.3, -0.25) is 0 Å². The van der Waals surface area contributed by atoms with E-state index in [1.54, 1.807) is 12.4 Å². The first-order valence-corrected chi connectivity index (χ1v) is 11.0. The van der Waals surface area contributed by atoms with Gasteiger partial charge in [-0.05, 0) is 72.9 Å². The predicted molar refractivity (Wildman–Crippen MR) is 131 cm³/mol. The van der Waals surface area contributed by atoms with Crippen LogP contribution >= 0.6 is 11.6 Å². The Bertz CT molecular complexity index is 1310. The number of nitrogens with zero attached hydrogens (tertiary/aromatic N) is 2. The summed E-state index contributed by atoms with van der Waals surface area (Å²) in [5.41, 5.74) is 4.14. The average molecular weight is 461 g/mol. The van der Waals surface area contributed by atoms with Crippen LogP contribution in [0.5, 0.6) is 0 Å². The maximum absolute atomic E-state index is 12.6. The quantitative estimate of drug-likeness (QED) is 0.352. The molecule has 0 aliphatic rings. The van der Waals surface area contributed by atoms with E-state index < -0.39 is 17.7 Å². The van der Waals surface area contributed by atoms with Gasteiger partial charge in [-0.15, -0.1) is 0 Å². The third kappa shape index (κ3) is 4.61. The van der Waals surface area contributed by atoms with E-state index in [1.807, 2.05) is 76.2 Å². The standard InChI is InChI=1S/C27H25ClN2O3/c1-16-22(18-13-29-15-30-14-18)20-7-5-6-8-21(20)24(17-9-11-19(28)12-10-17)23(16)25(26(31)32)33-27(2,3)4/h5-15,25H,1-4H3,(H,31,32). The Morgan fingerprint density at radius 3 is 2.06 bits per heavy atom. The molecular weight excluding hydrogens is 436 g/mol. The van der Waals surface area contributed by atoms with Gasteiger partial charge in [0.2, 0.25) is 0 Å². The fourth-order valence-corrected chi connectivity index (χ4v) is 4.36. The second kappa shape index (κ2) is 8.93. The lowest BCUT2D eigenvalue weighted by Crippen LogP contribution is -2.28. The number of ether oxygens (including phenoxy) is 1. The van der Waals surface area contributed by atoms with Crippen molar-refractivity contribution >= 4 is 28.3 Å². The molecule has 33 heavy (non-hydrogen) atoms. The Morgan fingerprint density at radius 2 is 1.52 bits per heavy atom. The van der Waals surface area contributed by atoms with Gasteiger partial charge in [0.15, 0.2) is 6.10 Å². The lowest BCUT2D eigenvalue weighted by atomic mass is 9.82. The van der Waals surface area contributed by atoms with E-state index in [9.17, 15) is 9.90 Å². The Labute approximate surface area is 198 Å². The molecule has 4 aromatic rings. The summed E-state index contributed by atoms with van der Waals surface area (Å²) in [6.07, 6.45) is 3.79. The van der Waals surface area contributed by atoms with Crippen molar-refractivity contribution in [2.45, 2.75) is 39.4 Å². The predicted octanol–water partition coefficient (Wildman–Crippen LogP) is 6.87. The van der Waals surface area contributed by atoms with E-state index in [1.165, 1.54) is 6.33 Å². The van der Waals surface area contributed by atoms with E-state index in [0.717, 1.165) is 38.6 Å². The number of carbonyl (C=O) groups is 1. The van der Waals surface area contributed by atoms with Crippen LogP contribution in [0, 0.1) is 6.92 Å². The van der Waals surface area contributed by atoms with Crippen LogP contribution in [0.2, 0.25) is 5.02 Å². The summed E-state index contributed by atoms with van der Waals surface area (Å²) in [6.45, 7) is 7.50. The van der Waals surface area contributed by atoms with Crippen molar-refractivity contribution < 1.29 is 14.6 Å². The largest absolute Gasteiger partial charge is 0.479 e. The maximum atomic E-state index is 12.6. The van der Waals surface area contributed by atoms with Gasteiger partial charge in [-0.25, -0.2) is 14.8 Å². The van der Waals surface area contributed by atoms with Gasteiger partial charge in [0.1, 0.15) is 6.33 Å². The van der Waals surface area contributed by atoms with Gasteiger partial charge in [-0.2, -0.15) is 0 Å². The maximum Gasteiger partial charge on any atom is 0.337 e. The van der Waals surface area contributed by atoms with Crippen molar-refractivity contribution in [1.82, 2.24) is 9.97 Å². The van der Waals surface area contributed by atoms with Crippen LogP contribution in [0.3, 0.4) is 0 Å². The lowest BCUT2D eigenvalue weighted by Gasteiger charge is -2.30. The highest BCUT2D eigenvalue weighted by atomic mass is 35.5. The molecule has 0 aliphatic heterocycles. The van der Waals surface area contributed by atoms with E-state index in [4.69, 9.17) is 16.3 Å². The summed E-state index contributed by atoms with van der Waals surface area (Å²) in [4.78, 5) is 21.0. The number of aromatic nitrogens is 2. The highest BCUT2D eigenvalue weighted by Gasteiger charge is 2.33.